The molecule has 2 aromatic carbocycles. The highest BCUT2D eigenvalue weighted by Crippen LogP contribution is 2.49. The molecule has 5 N–H and O–H groups in total. The number of nitrogens with zero attached hydrogens (tertiary/aromatic N) is 4. The summed E-state index contributed by atoms with van der Waals surface area (Å²) in [5.74, 6) is -0.306. The number of nitrogen functional groups attached to an aromatic ring is 1. The molecule has 0 radical (unpaired) electrons. The van der Waals surface area contributed by atoms with Gasteiger partial charge in [0.05, 0.1) is 20.3 Å². The van der Waals surface area contributed by atoms with Crippen LogP contribution in [0.3, 0.4) is 0 Å². The number of fused-ring (bicyclic) bond motifs is 2. The maximum absolute atomic E-state index is 14.3. The lowest BCUT2D eigenvalue weighted by Crippen LogP contribution is -2.45. The van der Waals surface area contributed by atoms with Crippen molar-refractivity contribution in [2.45, 2.75) is 57.8 Å². The molecule has 5 rings (SSSR count). The van der Waals surface area contributed by atoms with Crippen LogP contribution in [0.2, 0.25) is 0 Å². The first-order valence-corrected chi connectivity index (χ1v) is 17.0. The van der Waals surface area contributed by atoms with Gasteiger partial charge in [0.1, 0.15) is 29.6 Å². The molecule has 0 saturated carbocycles. The highest BCUT2D eigenvalue weighted by molar-refractivity contribution is 14.1. The number of hydrogen-bond acceptors (Lipinski definition) is 13. The fourth-order valence-corrected chi connectivity index (χ4v) is 7.22. The molecule has 17 heteroatoms. The van der Waals surface area contributed by atoms with Crippen molar-refractivity contribution in [2.24, 2.45) is 5.92 Å². The van der Waals surface area contributed by atoms with Gasteiger partial charge in [-0.1, -0.05) is 50.2 Å². The number of carbonyl (C=O) groups excluding carboxylic acids is 1. The number of aromatic nitrogens is 4. The summed E-state index contributed by atoms with van der Waals surface area (Å²) in [5, 5.41) is 26.8. The van der Waals surface area contributed by atoms with Crippen LogP contribution in [-0.2, 0) is 23.4 Å². The Balaban J connectivity index is 1.43. The number of rotatable bonds is 12. The van der Waals surface area contributed by atoms with E-state index in [-0.39, 0.29) is 41.3 Å². The van der Waals surface area contributed by atoms with Gasteiger partial charge in [0.15, 0.2) is 21.2 Å². The van der Waals surface area contributed by atoms with E-state index in [4.69, 9.17) is 29.0 Å². The highest BCUT2D eigenvalue weighted by Gasteiger charge is 2.55. The van der Waals surface area contributed by atoms with Gasteiger partial charge in [0.2, 0.25) is 11.8 Å². The zero-order valence-corrected chi connectivity index (χ0v) is 28.8. The number of hydrogen-bond donors (Lipinski definition) is 4. The summed E-state index contributed by atoms with van der Waals surface area (Å²) in [4.78, 5) is 25.5. The third kappa shape index (κ3) is 6.93. The van der Waals surface area contributed by atoms with Crippen LogP contribution >= 0.6 is 30.3 Å². The van der Waals surface area contributed by atoms with Gasteiger partial charge in [0.25, 0.3) is 0 Å². The zero-order chi connectivity index (χ0) is 33.4. The van der Waals surface area contributed by atoms with Gasteiger partial charge < -0.3 is 34.7 Å². The summed E-state index contributed by atoms with van der Waals surface area (Å²) in [6, 6.07) is 11.5. The Kier molecular flexibility index (Phi) is 10.1. The molecule has 0 amide bonds. The van der Waals surface area contributed by atoms with Gasteiger partial charge in [-0.15, -0.1) is 0 Å². The molecule has 248 valence electrons. The van der Waals surface area contributed by atoms with E-state index in [0.29, 0.717) is 9.22 Å². The van der Waals surface area contributed by atoms with Crippen molar-refractivity contribution in [1.29, 1.82) is 0 Å². The first kappa shape index (κ1) is 34.2. The number of aliphatic hydroxyl groups is 2. The number of halogens is 1. The zero-order valence-electron chi connectivity index (χ0n) is 25.8. The van der Waals surface area contributed by atoms with Gasteiger partial charge in [0, 0.05) is 28.0 Å². The number of imidazole rings is 1. The number of aliphatic hydroxyl groups excluding tert-OH is 1. The minimum absolute atomic E-state index is 0.0903. The minimum atomic E-state index is -4.37. The molecule has 3 heterocycles. The molecule has 1 aliphatic heterocycles. The van der Waals surface area contributed by atoms with E-state index in [1.807, 2.05) is 54.6 Å². The number of nitrogens with two attached hydrogens (primary N) is 1. The first-order chi connectivity index (χ1) is 21.7. The summed E-state index contributed by atoms with van der Waals surface area (Å²) >= 11 is 1.93. The van der Waals surface area contributed by atoms with Crippen LogP contribution in [0.25, 0.3) is 21.9 Å². The van der Waals surface area contributed by atoms with E-state index in [9.17, 15) is 19.6 Å². The van der Waals surface area contributed by atoms with Gasteiger partial charge >= 0.3 is 13.7 Å². The van der Waals surface area contributed by atoms with Crippen LogP contribution in [0.1, 0.15) is 33.9 Å². The van der Waals surface area contributed by atoms with Gasteiger partial charge in [-0.05, 0) is 31.2 Å². The molecule has 0 aliphatic carbocycles. The molecule has 46 heavy (non-hydrogen) atoms. The Hall–Kier alpha value is -3.12. The topological polar surface area (TPSA) is 202 Å². The van der Waals surface area contributed by atoms with Crippen molar-refractivity contribution >= 4 is 64.2 Å². The SMILES string of the molecule is COc1nc(N)nc2c1nc(I)n2[C@@H]1O[C@H](COP(=O)(NC(C)C(=O)OCC(C)C)Oc2cccc3ccccc23)[C@@H](O)[C@@]1(C)O. The Labute approximate surface area is 278 Å². The molecule has 1 fully saturated rings. The van der Waals surface area contributed by atoms with Crippen LogP contribution in [0, 0.1) is 9.75 Å². The van der Waals surface area contributed by atoms with E-state index >= 15 is 0 Å². The molecule has 2 unspecified atom stereocenters. The maximum atomic E-state index is 14.3. The molecule has 4 aromatic rings. The van der Waals surface area contributed by atoms with E-state index in [0.717, 1.165) is 5.39 Å². The Morgan fingerprint density at radius 3 is 2.63 bits per heavy atom. The number of carbonyl (C=O) groups is 1. The van der Waals surface area contributed by atoms with E-state index in [2.05, 4.69) is 20.0 Å². The molecule has 6 atom stereocenters. The lowest BCUT2D eigenvalue weighted by molar-refractivity contribution is -0.146. The summed E-state index contributed by atoms with van der Waals surface area (Å²) in [5.41, 5.74) is 4.45. The second-order valence-electron chi connectivity index (χ2n) is 11.4. The van der Waals surface area contributed by atoms with Crippen molar-refractivity contribution < 1.29 is 42.8 Å². The quantitative estimate of drug-likeness (QED) is 0.0705. The average molecular weight is 771 g/mol. The molecule has 0 bridgehead atoms. The Morgan fingerprint density at radius 2 is 1.91 bits per heavy atom. The first-order valence-electron chi connectivity index (χ1n) is 14.4. The Bertz CT molecular complexity index is 1780. The van der Waals surface area contributed by atoms with Gasteiger partial charge in [-0.25, -0.2) is 9.55 Å². The molecular formula is C29H36IN6O9P. The second-order valence-corrected chi connectivity index (χ2v) is 14.1. The van der Waals surface area contributed by atoms with Gasteiger partial charge in [-0.2, -0.15) is 15.1 Å². The van der Waals surface area contributed by atoms with Crippen molar-refractivity contribution in [1.82, 2.24) is 24.6 Å². The van der Waals surface area contributed by atoms with Crippen molar-refractivity contribution in [3.05, 3.63) is 46.3 Å². The van der Waals surface area contributed by atoms with Crippen LogP contribution in [0.15, 0.2) is 42.5 Å². The predicted molar refractivity (Wildman–Crippen MR) is 176 cm³/mol. The molecular weight excluding hydrogens is 734 g/mol. The van der Waals surface area contributed by atoms with E-state index in [1.165, 1.54) is 25.5 Å². The number of ether oxygens (including phenoxy) is 3. The van der Waals surface area contributed by atoms with Crippen molar-refractivity contribution in [3.63, 3.8) is 0 Å². The van der Waals surface area contributed by atoms with Crippen molar-refractivity contribution in [2.75, 3.05) is 26.1 Å². The molecule has 0 spiro atoms. The number of esters is 1. The number of nitrogens with one attached hydrogen (secondary N) is 1. The standard InChI is InChI=1S/C29H36IN6O9P/c1-15(2)13-42-25(38)16(3)35-46(40,45-19-12-8-10-17-9-6-7-11-18(17)19)43-14-20-22(37)29(4,39)26(44-20)36-23-21(32-27(36)30)24(41-5)34-28(31)33-23/h6-12,15-16,20,22,26,37,39H,13-14H2,1-5H3,(H,35,40)(H2,31,33,34)/t16?,20-,22-,26-,29-,46?/m1/s1. The highest BCUT2D eigenvalue weighted by atomic mass is 127. The van der Waals surface area contributed by atoms with Crippen LogP contribution in [0.5, 0.6) is 11.6 Å². The van der Waals surface area contributed by atoms with Crippen LogP contribution in [0.4, 0.5) is 5.95 Å². The minimum Gasteiger partial charge on any atom is -0.479 e. The molecule has 1 aliphatic rings. The fourth-order valence-electron chi connectivity index (χ4n) is 4.97. The molecule has 2 aromatic heterocycles. The van der Waals surface area contributed by atoms with Gasteiger partial charge in [-0.3, -0.25) is 13.9 Å². The summed E-state index contributed by atoms with van der Waals surface area (Å²) < 4.78 is 44.7. The third-order valence-corrected chi connectivity index (χ3v) is 9.70. The molecule has 1 saturated heterocycles. The van der Waals surface area contributed by atoms with Crippen LogP contribution in [-0.4, -0.2) is 79.9 Å². The fraction of sp³-hybridized carbons (Fsp3) is 0.448. The Morgan fingerprint density at radius 1 is 1.20 bits per heavy atom. The lowest BCUT2D eigenvalue weighted by atomic mass is 9.96. The summed E-state index contributed by atoms with van der Waals surface area (Å²) in [7, 11) is -2.96. The lowest BCUT2D eigenvalue weighted by Gasteiger charge is -2.28. The summed E-state index contributed by atoms with van der Waals surface area (Å²) in [6.07, 6.45) is -3.99. The summed E-state index contributed by atoms with van der Waals surface area (Å²) in [6.45, 7) is 6.29. The number of methoxy groups -OCH3 is 1. The number of benzene rings is 2. The number of anilines is 1. The predicted octanol–water partition coefficient (Wildman–Crippen LogP) is 3.57. The van der Waals surface area contributed by atoms with Crippen LogP contribution < -0.4 is 20.1 Å². The largest absolute Gasteiger partial charge is 0.479 e. The second kappa shape index (κ2) is 13.5. The maximum Gasteiger partial charge on any atom is 0.459 e. The molecule has 15 nitrogen and oxygen atoms in total. The smallest absolute Gasteiger partial charge is 0.459 e. The normalized spacial score (nSPS) is 23.5. The van der Waals surface area contributed by atoms with E-state index < -0.39 is 50.4 Å². The third-order valence-electron chi connectivity index (χ3n) is 7.31. The van der Waals surface area contributed by atoms with E-state index in [1.54, 1.807) is 24.3 Å². The van der Waals surface area contributed by atoms with Crippen molar-refractivity contribution in [3.8, 4) is 11.6 Å². The average Bonchev–Trinajstić information content (AvgIpc) is 3.44. The monoisotopic (exact) mass is 770 g/mol.